The maximum absolute atomic E-state index is 5.86. The molecule has 7 heteroatoms. The van der Waals surface area contributed by atoms with Crippen LogP contribution in [0.15, 0.2) is 30.3 Å². The predicted molar refractivity (Wildman–Crippen MR) is 91.4 cm³/mol. The summed E-state index contributed by atoms with van der Waals surface area (Å²) in [5.41, 5.74) is 0.996. The maximum Gasteiger partial charge on any atom is 0.250 e. The van der Waals surface area contributed by atoms with Gasteiger partial charge in [-0.2, -0.15) is 4.68 Å². The summed E-state index contributed by atoms with van der Waals surface area (Å²) < 4.78 is 7.68. The van der Waals surface area contributed by atoms with E-state index in [2.05, 4.69) is 25.3 Å². The molecule has 0 N–H and O–H groups in total. The Kier molecular flexibility index (Phi) is 4.71. The molecule has 0 amide bonds. The molecule has 2 saturated heterocycles. The van der Waals surface area contributed by atoms with Gasteiger partial charge in [0.2, 0.25) is 5.95 Å². The molecule has 7 nitrogen and oxygen atoms in total. The van der Waals surface area contributed by atoms with Crippen LogP contribution in [0.4, 0.5) is 5.95 Å². The number of hydrogen-bond donors (Lipinski definition) is 0. The lowest BCUT2D eigenvalue weighted by atomic mass is 10.1. The highest BCUT2D eigenvalue weighted by Crippen LogP contribution is 2.18. The molecular formula is C17H24N6O. The van der Waals surface area contributed by atoms with E-state index in [0.29, 0.717) is 6.10 Å². The van der Waals surface area contributed by atoms with Crippen LogP contribution in [-0.4, -0.2) is 70.5 Å². The molecule has 0 radical (unpaired) electrons. The number of benzene rings is 1. The Balaban J connectivity index is 1.37. The van der Waals surface area contributed by atoms with Gasteiger partial charge in [-0.15, -0.1) is 0 Å². The van der Waals surface area contributed by atoms with Gasteiger partial charge in [-0.25, -0.2) is 0 Å². The topological polar surface area (TPSA) is 59.3 Å². The molecular weight excluding hydrogens is 304 g/mol. The van der Waals surface area contributed by atoms with Crippen LogP contribution in [0.1, 0.15) is 19.3 Å². The summed E-state index contributed by atoms with van der Waals surface area (Å²) in [7, 11) is 0. The van der Waals surface area contributed by atoms with Gasteiger partial charge in [0, 0.05) is 39.3 Å². The molecule has 2 aromatic rings. The number of ether oxygens (including phenoxy) is 1. The number of nitrogens with zero attached hydrogens (tertiary/aromatic N) is 6. The first-order valence-electron chi connectivity index (χ1n) is 8.83. The number of tetrazole rings is 1. The zero-order valence-electron chi connectivity index (χ0n) is 13.9. The fourth-order valence-corrected chi connectivity index (χ4v) is 3.49. The second-order valence-corrected chi connectivity index (χ2v) is 6.50. The third-order valence-electron chi connectivity index (χ3n) is 4.84. The average molecular weight is 328 g/mol. The fourth-order valence-electron chi connectivity index (χ4n) is 3.49. The number of rotatable bonds is 4. The highest BCUT2D eigenvalue weighted by Gasteiger charge is 2.24. The zero-order valence-corrected chi connectivity index (χ0v) is 13.9. The second-order valence-electron chi connectivity index (χ2n) is 6.50. The van der Waals surface area contributed by atoms with Gasteiger partial charge in [-0.1, -0.05) is 23.3 Å². The van der Waals surface area contributed by atoms with E-state index in [4.69, 9.17) is 4.74 Å². The highest BCUT2D eigenvalue weighted by molar-refractivity contribution is 5.40. The van der Waals surface area contributed by atoms with Gasteiger partial charge in [-0.3, -0.25) is 4.90 Å². The number of para-hydroxylation sites is 1. The third kappa shape index (κ3) is 3.42. The third-order valence-corrected chi connectivity index (χ3v) is 4.84. The van der Waals surface area contributed by atoms with Gasteiger partial charge in [0.15, 0.2) is 0 Å². The second kappa shape index (κ2) is 7.27. The monoisotopic (exact) mass is 328 g/mol. The van der Waals surface area contributed by atoms with Crippen LogP contribution in [0, 0.1) is 0 Å². The Morgan fingerprint density at radius 1 is 1.04 bits per heavy atom. The summed E-state index contributed by atoms with van der Waals surface area (Å²) in [5.74, 6) is 0.828. The molecule has 1 aromatic heterocycles. The Labute approximate surface area is 142 Å². The van der Waals surface area contributed by atoms with Crippen LogP contribution >= 0.6 is 0 Å². The van der Waals surface area contributed by atoms with Crippen LogP contribution in [-0.2, 0) is 4.74 Å². The summed E-state index contributed by atoms with van der Waals surface area (Å²) in [6.07, 6.45) is 4.13. The minimum absolute atomic E-state index is 0.417. The molecule has 1 atom stereocenters. The van der Waals surface area contributed by atoms with Gasteiger partial charge in [0.25, 0.3) is 0 Å². The van der Waals surface area contributed by atoms with Crippen molar-refractivity contribution < 1.29 is 4.74 Å². The van der Waals surface area contributed by atoms with Crippen molar-refractivity contribution in [1.82, 2.24) is 25.1 Å². The van der Waals surface area contributed by atoms with Crippen molar-refractivity contribution in [3.63, 3.8) is 0 Å². The van der Waals surface area contributed by atoms with Crippen molar-refractivity contribution in [3.8, 4) is 5.69 Å². The van der Waals surface area contributed by atoms with E-state index in [9.17, 15) is 0 Å². The zero-order chi connectivity index (χ0) is 16.2. The molecule has 3 heterocycles. The van der Waals surface area contributed by atoms with Gasteiger partial charge in [-0.05, 0) is 41.8 Å². The number of piperazine rings is 1. The first kappa shape index (κ1) is 15.5. The summed E-state index contributed by atoms with van der Waals surface area (Å²) in [5, 5.41) is 12.3. The highest BCUT2D eigenvalue weighted by atomic mass is 16.5. The summed E-state index contributed by atoms with van der Waals surface area (Å²) >= 11 is 0. The van der Waals surface area contributed by atoms with Crippen LogP contribution in [0.3, 0.4) is 0 Å². The first-order chi connectivity index (χ1) is 11.9. The standard InChI is InChI=1S/C17H24N6O/c1-2-6-15(7-3-1)23-17(18-19-20-23)22-11-9-21(10-12-22)14-16-8-4-5-13-24-16/h1-3,6-7,16H,4-5,8-14H2/t16-/m1/s1. The first-order valence-corrected chi connectivity index (χ1v) is 8.83. The van der Waals surface area contributed by atoms with E-state index >= 15 is 0 Å². The minimum atomic E-state index is 0.417. The largest absolute Gasteiger partial charge is 0.377 e. The fraction of sp³-hybridized carbons (Fsp3) is 0.588. The summed E-state index contributed by atoms with van der Waals surface area (Å²) in [4.78, 5) is 4.77. The van der Waals surface area contributed by atoms with Crippen molar-refractivity contribution in [2.24, 2.45) is 0 Å². The SMILES string of the molecule is c1ccc(-n2nnnc2N2CCN(C[C@H]3CCCCO3)CC2)cc1. The van der Waals surface area contributed by atoms with Gasteiger partial charge in [0.05, 0.1) is 11.8 Å². The molecule has 0 bridgehead atoms. The molecule has 2 aliphatic heterocycles. The van der Waals surface area contributed by atoms with E-state index in [1.54, 1.807) is 0 Å². The lowest BCUT2D eigenvalue weighted by Crippen LogP contribution is -2.49. The predicted octanol–water partition coefficient (Wildman–Crippen LogP) is 1.35. The molecule has 0 aliphatic carbocycles. The van der Waals surface area contributed by atoms with Crippen LogP contribution in [0.25, 0.3) is 5.69 Å². The Morgan fingerprint density at radius 2 is 1.88 bits per heavy atom. The lowest BCUT2D eigenvalue weighted by Gasteiger charge is -2.37. The van der Waals surface area contributed by atoms with Gasteiger partial charge < -0.3 is 9.64 Å². The van der Waals surface area contributed by atoms with E-state index in [1.807, 2.05) is 35.0 Å². The molecule has 1 aromatic carbocycles. The molecule has 0 unspecified atom stereocenters. The lowest BCUT2D eigenvalue weighted by molar-refractivity contribution is -0.00649. The molecule has 128 valence electrons. The molecule has 2 aliphatic rings. The molecule has 0 spiro atoms. The van der Waals surface area contributed by atoms with Gasteiger partial charge >= 0.3 is 0 Å². The molecule has 4 rings (SSSR count). The molecule has 0 saturated carbocycles. The Hall–Kier alpha value is -1.99. The van der Waals surface area contributed by atoms with Gasteiger partial charge in [0.1, 0.15) is 0 Å². The smallest absolute Gasteiger partial charge is 0.250 e. The Bertz CT molecular complexity index is 632. The van der Waals surface area contributed by atoms with Crippen LogP contribution in [0.2, 0.25) is 0 Å². The van der Waals surface area contributed by atoms with Crippen molar-refractivity contribution in [3.05, 3.63) is 30.3 Å². The van der Waals surface area contributed by atoms with E-state index in [1.165, 1.54) is 19.3 Å². The molecule has 24 heavy (non-hydrogen) atoms. The number of aromatic nitrogens is 4. The maximum atomic E-state index is 5.86. The summed E-state index contributed by atoms with van der Waals surface area (Å²) in [6.45, 7) is 5.93. The normalized spacial score (nSPS) is 22.7. The minimum Gasteiger partial charge on any atom is -0.377 e. The van der Waals surface area contributed by atoms with Crippen molar-refractivity contribution in [2.75, 3.05) is 44.2 Å². The molecule has 2 fully saturated rings. The van der Waals surface area contributed by atoms with E-state index in [-0.39, 0.29) is 0 Å². The number of hydrogen-bond acceptors (Lipinski definition) is 6. The van der Waals surface area contributed by atoms with Crippen molar-refractivity contribution >= 4 is 5.95 Å². The van der Waals surface area contributed by atoms with Crippen LogP contribution in [0.5, 0.6) is 0 Å². The van der Waals surface area contributed by atoms with E-state index < -0.39 is 0 Å². The quantitative estimate of drug-likeness (QED) is 0.844. The average Bonchev–Trinajstić information content (AvgIpc) is 3.14. The summed E-state index contributed by atoms with van der Waals surface area (Å²) in [6, 6.07) is 10.1. The van der Waals surface area contributed by atoms with Crippen molar-refractivity contribution in [2.45, 2.75) is 25.4 Å². The van der Waals surface area contributed by atoms with E-state index in [0.717, 1.165) is 51.0 Å². The Morgan fingerprint density at radius 3 is 2.62 bits per heavy atom. The van der Waals surface area contributed by atoms with Crippen molar-refractivity contribution in [1.29, 1.82) is 0 Å². The van der Waals surface area contributed by atoms with Crippen LogP contribution < -0.4 is 4.90 Å². The number of anilines is 1.